The molecule has 1 aromatic rings. The van der Waals surface area contributed by atoms with Crippen molar-refractivity contribution < 1.29 is 19.1 Å². The van der Waals surface area contributed by atoms with E-state index in [1.54, 1.807) is 20.8 Å². The molecule has 0 radical (unpaired) electrons. The molecular weight excluding hydrogens is 352 g/mol. The van der Waals surface area contributed by atoms with Crippen molar-refractivity contribution in [1.82, 2.24) is 0 Å². The molecule has 150 valence electrons. The fourth-order valence-corrected chi connectivity index (χ4v) is 3.71. The Bertz CT molecular complexity index is 825. The van der Waals surface area contributed by atoms with Crippen molar-refractivity contribution in [2.24, 2.45) is 0 Å². The largest absolute Gasteiger partial charge is 0.469 e. The van der Waals surface area contributed by atoms with Crippen LogP contribution < -0.4 is 0 Å². The molecule has 1 atom stereocenters. The summed E-state index contributed by atoms with van der Waals surface area (Å²) in [7, 11) is 1.40. The molecule has 0 saturated heterocycles. The van der Waals surface area contributed by atoms with Gasteiger partial charge in [-0.2, -0.15) is 0 Å². The maximum Gasteiger partial charge on any atom is 0.305 e. The highest BCUT2D eigenvalue weighted by molar-refractivity contribution is 6.25. The smallest absolute Gasteiger partial charge is 0.305 e. The molecule has 4 heteroatoms. The minimum atomic E-state index is -0.196. The number of ether oxygens (including phenoxy) is 1. The van der Waals surface area contributed by atoms with Crippen LogP contribution in [0, 0.1) is 6.92 Å². The second kappa shape index (κ2) is 9.63. The number of Topliss-reactive ketones (excluding diaryl/α,β-unsaturated/α-hetero) is 2. The van der Waals surface area contributed by atoms with Crippen LogP contribution in [0.25, 0.3) is 0 Å². The fourth-order valence-electron chi connectivity index (χ4n) is 3.71. The minimum absolute atomic E-state index is 0.0188. The Kier molecular flexibility index (Phi) is 7.50. The Morgan fingerprint density at radius 2 is 1.46 bits per heavy atom. The number of carbonyl (C=O) groups is 3. The summed E-state index contributed by atoms with van der Waals surface area (Å²) in [5.74, 6) is -0.360. The Hall–Kier alpha value is -2.49. The average molecular weight is 383 g/mol. The summed E-state index contributed by atoms with van der Waals surface area (Å²) in [5, 5.41) is 0. The molecule has 28 heavy (non-hydrogen) atoms. The number of allylic oxidation sites excluding steroid dienone is 4. The highest BCUT2D eigenvalue weighted by atomic mass is 16.5. The van der Waals surface area contributed by atoms with E-state index in [0.29, 0.717) is 28.7 Å². The molecule has 0 spiro atoms. The quantitative estimate of drug-likeness (QED) is 0.360. The third-order valence-corrected chi connectivity index (χ3v) is 5.66. The van der Waals surface area contributed by atoms with Crippen molar-refractivity contribution in [3.63, 3.8) is 0 Å². The molecule has 0 fully saturated rings. The van der Waals surface area contributed by atoms with E-state index in [-0.39, 0.29) is 23.5 Å². The summed E-state index contributed by atoms with van der Waals surface area (Å²) in [6.45, 7) is 7.26. The van der Waals surface area contributed by atoms with Crippen LogP contribution in [-0.2, 0) is 19.1 Å². The molecular formula is C24H30O4. The Balaban J connectivity index is 2.26. The van der Waals surface area contributed by atoms with E-state index in [9.17, 15) is 14.4 Å². The van der Waals surface area contributed by atoms with Gasteiger partial charge in [0, 0.05) is 34.6 Å². The van der Waals surface area contributed by atoms with Gasteiger partial charge in [-0.1, -0.05) is 42.7 Å². The van der Waals surface area contributed by atoms with Gasteiger partial charge in [-0.3, -0.25) is 14.4 Å². The number of unbranched alkanes of at least 4 members (excludes halogenated alkanes) is 2. The van der Waals surface area contributed by atoms with Crippen molar-refractivity contribution in [3.05, 3.63) is 57.7 Å². The number of aryl methyl sites for hydroxylation is 1. The standard InChI is InChI=1S/C24H30O4/c1-15-11-13-19(14-12-15)20(9-7-6-8-10-21(25)28-5)22-18(4)23(26)16(2)17(3)24(22)27/h11-14,20H,6-10H2,1-5H3. The van der Waals surface area contributed by atoms with E-state index in [2.05, 4.69) is 4.74 Å². The molecule has 0 saturated carbocycles. The number of hydrogen-bond donors (Lipinski definition) is 0. The second-order valence-electron chi connectivity index (χ2n) is 7.59. The number of ketones is 2. The van der Waals surface area contributed by atoms with Gasteiger partial charge >= 0.3 is 5.97 Å². The fraction of sp³-hybridized carbons (Fsp3) is 0.458. The lowest BCUT2D eigenvalue weighted by Gasteiger charge is -2.26. The first-order chi connectivity index (χ1) is 13.3. The normalized spacial score (nSPS) is 15.9. The number of methoxy groups -OCH3 is 1. The Morgan fingerprint density at radius 1 is 0.857 bits per heavy atom. The monoisotopic (exact) mass is 382 g/mol. The minimum Gasteiger partial charge on any atom is -0.469 e. The van der Waals surface area contributed by atoms with Crippen molar-refractivity contribution in [2.75, 3.05) is 7.11 Å². The van der Waals surface area contributed by atoms with Crippen LogP contribution in [0.4, 0.5) is 0 Å². The van der Waals surface area contributed by atoms with Gasteiger partial charge in [0.25, 0.3) is 0 Å². The number of benzene rings is 1. The van der Waals surface area contributed by atoms with Crippen LogP contribution in [0.1, 0.15) is 69.9 Å². The van der Waals surface area contributed by atoms with Crippen molar-refractivity contribution in [3.8, 4) is 0 Å². The summed E-state index contributed by atoms with van der Waals surface area (Å²) in [6.07, 6.45) is 3.68. The number of esters is 1. The van der Waals surface area contributed by atoms with Crippen LogP contribution in [0.5, 0.6) is 0 Å². The first-order valence-electron chi connectivity index (χ1n) is 9.89. The van der Waals surface area contributed by atoms with Crippen LogP contribution in [0.2, 0.25) is 0 Å². The van der Waals surface area contributed by atoms with Gasteiger partial charge in [-0.25, -0.2) is 0 Å². The molecule has 0 aliphatic heterocycles. The van der Waals surface area contributed by atoms with Crippen LogP contribution in [-0.4, -0.2) is 24.6 Å². The molecule has 0 amide bonds. The van der Waals surface area contributed by atoms with Gasteiger partial charge in [0.05, 0.1) is 7.11 Å². The second-order valence-corrected chi connectivity index (χ2v) is 7.59. The summed E-state index contributed by atoms with van der Waals surface area (Å²) >= 11 is 0. The van der Waals surface area contributed by atoms with Crippen molar-refractivity contribution >= 4 is 17.5 Å². The molecule has 2 rings (SSSR count). The number of hydrogen-bond acceptors (Lipinski definition) is 4. The molecule has 1 aliphatic carbocycles. The highest BCUT2D eigenvalue weighted by Crippen LogP contribution is 2.37. The van der Waals surface area contributed by atoms with E-state index in [4.69, 9.17) is 0 Å². The summed E-state index contributed by atoms with van der Waals surface area (Å²) in [6, 6.07) is 8.18. The van der Waals surface area contributed by atoms with Gasteiger partial charge < -0.3 is 4.74 Å². The summed E-state index contributed by atoms with van der Waals surface area (Å²) < 4.78 is 4.68. The molecule has 1 aliphatic rings. The Labute approximate surface area is 167 Å². The van der Waals surface area contributed by atoms with Gasteiger partial charge in [0.15, 0.2) is 11.6 Å². The van der Waals surface area contributed by atoms with Crippen molar-refractivity contribution in [1.29, 1.82) is 0 Å². The van der Waals surface area contributed by atoms with E-state index in [1.807, 2.05) is 31.2 Å². The maximum absolute atomic E-state index is 13.1. The van der Waals surface area contributed by atoms with Gasteiger partial charge in [-0.05, 0) is 46.1 Å². The first kappa shape index (κ1) is 21.8. The summed E-state index contributed by atoms with van der Waals surface area (Å²) in [5.41, 5.74) is 4.50. The summed E-state index contributed by atoms with van der Waals surface area (Å²) in [4.78, 5) is 37.0. The number of carbonyl (C=O) groups excluding carboxylic acids is 3. The van der Waals surface area contributed by atoms with E-state index < -0.39 is 0 Å². The van der Waals surface area contributed by atoms with E-state index in [1.165, 1.54) is 7.11 Å². The molecule has 0 bridgehead atoms. The lowest BCUT2D eigenvalue weighted by molar-refractivity contribution is -0.140. The SMILES string of the molecule is COC(=O)CCCCCC(C1=C(C)C(=O)C(C)=C(C)C1=O)c1ccc(C)cc1. The lowest BCUT2D eigenvalue weighted by Crippen LogP contribution is -2.24. The molecule has 1 unspecified atom stereocenters. The zero-order chi connectivity index (χ0) is 20.8. The van der Waals surface area contributed by atoms with Gasteiger partial charge in [0.2, 0.25) is 0 Å². The van der Waals surface area contributed by atoms with Crippen LogP contribution >= 0.6 is 0 Å². The highest BCUT2D eigenvalue weighted by Gasteiger charge is 2.33. The molecule has 4 nitrogen and oxygen atoms in total. The molecule has 1 aromatic carbocycles. The van der Waals surface area contributed by atoms with Crippen LogP contribution in [0.3, 0.4) is 0 Å². The lowest BCUT2D eigenvalue weighted by atomic mass is 9.75. The average Bonchev–Trinajstić information content (AvgIpc) is 2.69. The maximum atomic E-state index is 13.1. The zero-order valence-electron chi connectivity index (χ0n) is 17.6. The van der Waals surface area contributed by atoms with E-state index in [0.717, 1.165) is 36.8 Å². The van der Waals surface area contributed by atoms with Crippen LogP contribution in [0.15, 0.2) is 46.6 Å². The van der Waals surface area contributed by atoms with Gasteiger partial charge in [0.1, 0.15) is 0 Å². The third kappa shape index (κ3) is 4.86. The Morgan fingerprint density at radius 3 is 2.07 bits per heavy atom. The molecule has 0 aromatic heterocycles. The number of rotatable bonds is 8. The zero-order valence-corrected chi connectivity index (χ0v) is 17.6. The topological polar surface area (TPSA) is 60.4 Å². The van der Waals surface area contributed by atoms with E-state index >= 15 is 0 Å². The van der Waals surface area contributed by atoms with Gasteiger partial charge in [-0.15, -0.1) is 0 Å². The molecule has 0 heterocycles. The predicted molar refractivity (Wildman–Crippen MR) is 110 cm³/mol. The third-order valence-electron chi connectivity index (χ3n) is 5.66. The van der Waals surface area contributed by atoms with Crippen molar-refractivity contribution in [2.45, 2.75) is 65.7 Å². The predicted octanol–water partition coefficient (Wildman–Crippen LogP) is 5.01. The molecule has 0 N–H and O–H groups in total. The first-order valence-corrected chi connectivity index (χ1v) is 9.89.